The number of hydrogen-bond donors (Lipinski definition) is 1. The average molecular weight is 195 g/mol. The summed E-state index contributed by atoms with van der Waals surface area (Å²) in [6.07, 6.45) is 1.32. The minimum atomic E-state index is -0.366. The summed E-state index contributed by atoms with van der Waals surface area (Å²) in [6, 6.07) is 5.69. The molecule has 1 heterocycles. The van der Waals surface area contributed by atoms with Crippen LogP contribution in [0.2, 0.25) is 0 Å². The third-order valence-electron chi connectivity index (χ3n) is 2.56. The van der Waals surface area contributed by atoms with E-state index >= 15 is 0 Å². The van der Waals surface area contributed by atoms with Crippen LogP contribution in [0.15, 0.2) is 18.2 Å². The Balaban J connectivity index is 2.19. The lowest BCUT2D eigenvalue weighted by Gasteiger charge is -2.10. The first-order valence-corrected chi connectivity index (χ1v) is 4.88. The number of alkyl halides is 1. The molecule has 1 aromatic carbocycles. The highest BCUT2D eigenvalue weighted by Gasteiger charge is 2.14. The second-order valence-corrected chi connectivity index (χ2v) is 3.55. The van der Waals surface area contributed by atoms with Crippen molar-refractivity contribution in [2.75, 3.05) is 13.3 Å². The lowest BCUT2D eigenvalue weighted by atomic mass is 10.0. The summed E-state index contributed by atoms with van der Waals surface area (Å²) in [5.74, 6) is 0.946. The molecule has 3 heteroatoms. The van der Waals surface area contributed by atoms with Crippen molar-refractivity contribution in [3.8, 4) is 5.75 Å². The summed E-state index contributed by atoms with van der Waals surface area (Å²) in [5, 5.41) is 0. The molecular weight excluding hydrogens is 181 g/mol. The van der Waals surface area contributed by atoms with Gasteiger partial charge in [0, 0.05) is 12.5 Å². The fraction of sp³-hybridized carbons (Fsp3) is 0.455. The van der Waals surface area contributed by atoms with Gasteiger partial charge in [-0.3, -0.25) is 4.39 Å². The molecule has 0 aromatic heterocycles. The molecule has 0 bridgehead atoms. The van der Waals surface area contributed by atoms with Crippen LogP contribution >= 0.6 is 0 Å². The van der Waals surface area contributed by atoms with Crippen molar-refractivity contribution in [1.29, 1.82) is 0 Å². The predicted molar refractivity (Wildman–Crippen MR) is 53.2 cm³/mol. The van der Waals surface area contributed by atoms with Gasteiger partial charge in [0.15, 0.2) is 0 Å². The number of nitrogens with two attached hydrogens (primary N) is 1. The van der Waals surface area contributed by atoms with Crippen LogP contribution in [-0.4, -0.2) is 13.3 Å². The second kappa shape index (κ2) is 3.96. The van der Waals surface area contributed by atoms with Crippen LogP contribution in [0.5, 0.6) is 5.75 Å². The number of ether oxygens (including phenoxy) is 1. The number of rotatable bonds is 3. The van der Waals surface area contributed by atoms with E-state index in [-0.39, 0.29) is 12.7 Å². The van der Waals surface area contributed by atoms with Gasteiger partial charge in [0.05, 0.1) is 13.3 Å². The summed E-state index contributed by atoms with van der Waals surface area (Å²) in [5.41, 5.74) is 8.02. The number of hydrogen-bond acceptors (Lipinski definition) is 2. The molecule has 1 atom stereocenters. The van der Waals surface area contributed by atoms with Crippen molar-refractivity contribution in [3.63, 3.8) is 0 Å². The van der Waals surface area contributed by atoms with E-state index in [0.717, 1.165) is 24.3 Å². The van der Waals surface area contributed by atoms with Crippen molar-refractivity contribution in [2.24, 2.45) is 5.73 Å². The summed E-state index contributed by atoms with van der Waals surface area (Å²) in [7, 11) is 0. The third-order valence-corrected chi connectivity index (χ3v) is 2.56. The first-order valence-electron chi connectivity index (χ1n) is 4.88. The van der Waals surface area contributed by atoms with Gasteiger partial charge in [-0.25, -0.2) is 0 Å². The van der Waals surface area contributed by atoms with Gasteiger partial charge in [-0.2, -0.15) is 0 Å². The van der Waals surface area contributed by atoms with Crippen molar-refractivity contribution >= 4 is 0 Å². The van der Waals surface area contributed by atoms with Crippen LogP contribution in [0.3, 0.4) is 0 Å². The first kappa shape index (κ1) is 9.46. The number of benzene rings is 1. The standard InChI is InChI=1S/C11H14FNO/c12-5-3-10(13)8-1-2-11-9(7-8)4-6-14-11/h1-2,7,10H,3-6,13H2/t10-/m0/s1. The largest absolute Gasteiger partial charge is 0.493 e. The topological polar surface area (TPSA) is 35.2 Å². The van der Waals surface area contributed by atoms with Gasteiger partial charge in [-0.05, 0) is 23.6 Å². The molecule has 0 radical (unpaired) electrons. The molecule has 1 aliphatic heterocycles. The Labute approximate surface area is 82.9 Å². The molecule has 2 rings (SSSR count). The normalized spacial score (nSPS) is 16.1. The average Bonchev–Trinajstić information content (AvgIpc) is 2.64. The fourth-order valence-electron chi connectivity index (χ4n) is 1.72. The Bertz CT molecular complexity index is 327. The number of fused-ring (bicyclic) bond motifs is 1. The highest BCUT2D eigenvalue weighted by Crippen LogP contribution is 2.28. The van der Waals surface area contributed by atoms with Crippen molar-refractivity contribution in [1.82, 2.24) is 0 Å². The zero-order chi connectivity index (χ0) is 9.97. The first-order chi connectivity index (χ1) is 6.81. The molecule has 76 valence electrons. The summed E-state index contributed by atoms with van der Waals surface area (Å²) < 4.78 is 17.5. The Hall–Kier alpha value is -1.09. The minimum absolute atomic E-state index is 0.189. The molecule has 0 fully saturated rings. The molecule has 2 N–H and O–H groups in total. The Morgan fingerprint density at radius 3 is 3.14 bits per heavy atom. The molecule has 0 saturated carbocycles. The van der Waals surface area contributed by atoms with E-state index in [1.165, 1.54) is 5.56 Å². The molecular formula is C11H14FNO. The molecule has 0 unspecified atom stereocenters. The van der Waals surface area contributed by atoms with Gasteiger partial charge in [0.1, 0.15) is 5.75 Å². The quantitative estimate of drug-likeness (QED) is 0.800. The van der Waals surface area contributed by atoms with E-state index in [4.69, 9.17) is 10.5 Å². The zero-order valence-electron chi connectivity index (χ0n) is 8.00. The van der Waals surface area contributed by atoms with Crippen molar-refractivity contribution in [3.05, 3.63) is 29.3 Å². The molecule has 0 aliphatic carbocycles. The maximum Gasteiger partial charge on any atom is 0.122 e. The van der Waals surface area contributed by atoms with E-state index < -0.39 is 0 Å². The van der Waals surface area contributed by atoms with E-state index in [1.54, 1.807) is 0 Å². The van der Waals surface area contributed by atoms with Crippen LogP contribution in [-0.2, 0) is 6.42 Å². The van der Waals surface area contributed by atoms with Gasteiger partial charge in [-0.1, -0.05) is 12.1 Å². The molecule has 1 aromatic rings. The smallest absolute Gasteiger partial charge is 0.122 e. The third kappa shape index (κ3) is 1.73. The van der Waals surface area contributed by atoms with Gasteiger partial charge in [0.25, 0.3) is 0 Å². The highest BCUT2D eigenvalue weighted by atomic mass is 19.1. The molecule has 0 saturated heterocycles. The molecule has 2 nitrogen and oxygen atoms in total. The second-order valence-electron chi connectivity index (χ2n) is 3.55. The molecule has 0 spiro atoms. The van der Waals surface area contributed by atoms with E-state index in [0.29, 0.717) is 6.42 Å². The van der Waals surface area contributed by atoms with Crippen LogP contribution in [0.25, 0.3) is 0 Å². The summed E-state index contributed by atoms with van der Waals surface area (Å²) in [6.45, 7) is 0.381. The summed E-state index contributed by atoms with van der Waals surface area (Å²) in [4.78, 5) is 0. The van der Waals surface area contributed by atoms with Crippen LogP contribution in [0.4, 0.5) is 4.39 Å². The number of halogens is 1. The van der Waals surface area contributed by atoms with Gasteiger partial charge in [-0.15, -0.1) is 0 Å². The van der Waals surface area contributed by atoms with Crippen LogP contribution in [0, 0.1) is 0 Å². The maximum atomic E-state index is 12.1. The molecule has 1 aliphatic rings. The van der Waals surface area contributed by atoms with Gasteiger partial charge >= 0.3 is 0 Å². The summed E-state index contributed by atoms with van der Waals surface area (Å²) >= 11 is 0. The molecule has 14 heavy (non-hydrogen) atoms. The fourth-order valence-corrected chi connectivity index (χ4v) is 1.72. The Morgan fingerprint density at radius 1 is 1.50 bits per heavy atom. The maximum absolute atomic E-state index is 12.1. The SMILES string of the molecule is N[C@@H](CCF)c1ccc2c(c1)CCO2. The predicted octanol–water partition coefficient (Wildman–Crippen LogP) is 1.98. The van der Waals surface area contributed by atoms with E-state index in [9.17, 15) is 4.39 Å². The Morgan fingerprint density at radius 2 is 2.36 bits per heavy atom. The zero-order valence-corrected chi connectivity index (χ0v) is 8.00. The van der Waals surface area contributed by atoms with Gasteiger partial charge < -0.3 is 10.5 Å². The van der Waals surface area contributed by atoms with E-state index in [2.05, 4.69) is 0 Å². The lowest BCUT2D eigenvalue weighted by molar-refractivity contribution is 0.356. The molecule has 0 amide bonds. The van der Waals surface area contributed by atoms with Gasteiger partial charge in [0.2, 0.25) is 0 Å². The van der Waals surface area contributed by atoms with Crippen LogP contribution < -0.4 is 10.5 Å². The van der Waals surface area contributed by atoms with Crippen LogP contribution in [0.1, 0.15) is 23.6 Å². The monoisotopic (exact) mass is 195 g/mol. The Kier molecular flexibility index (Phi) is 2.68. The highest BCUT2D eigenvalue weighted by molar-refractivity contribution is 5.40. The van der Waals surface area contributed by atoms with E-state index in [1.807, 2.05) is 18.2 Å². The van der Waals surface area contributed by atoms with Crippen molar-refractivity contribution in [2.45, 2.75) is 18.9 Å². The lowest BCUT2D eigenvalue weighted by Crippen LogP contribution is -2.10. The minimum Gasteiger partial charge on any atom is -0.493 e. The van der Waals surface area contributed by atoms with Crippen molar-refractivity contribution < 1.29 is 9.13 Å².